The molecule has 23 heavy (non-hydrogen) atoms. The van der Waals surface area contributed by atoms with E-state index in [0.29, 0.717) is 22.9 Å². The summed E-state index contributed by atoms with van der Waals surface area (Å²) in [7, 11) is 1.33. The summed E-state index contributed by atoms with van der Waals surface area (Å²) in [6.07, 6.45) is 3.00. The average Bonchev–Trinajstić information content (AvgIpc) is 2.55. The number of aliphatic hydroxyl groups excluding tert-OH is 1. The van der Waals surface area contributed by atoms with Gasteiger partial charge in [-0.05, 0) is 44.5 Å². The van der Waals surface area contributed by atoms with Gasteiger partial charge in [0.1, 0.15) is 12.4 Å². The van der Waals surface area contributed by atoms with E-state index in [1.807, 2.05) is 6.92 Å². The molecular weight excluding hydrogens is 318 g/mol. The third-order valence-electron chi connectivity index (χ3n) is 4.21. The van der Waals surface area contributed by atoms with Crippen molar-refractivity contribution in [1.82, 2.24) is 4.90 Å². The fraction of sp³-hybridized carbons (Fsp3) is 0.588. The molecule has 0 saturated carbocycles. The number of benzene rings is 1. The number of hydrogen-bond acceptors (Lipinski definition) is 5. The fourth-order valence-electron chi connectivity index (χ4n) is 2.98. The number of piperidine rings is 1. The topological polar surface area (TPSA) is 59.0 Å². The lowest BCUT2D eigenvalue weighted by molar-refractivity contribution is 0.0293. The summed E-state index contributed by atoms with van der Waals surface area (Å²) in [5.41, 5.74) is 0.398. The SMILES string of the molecule is COC(=O)c1ccc(OCCN2CCCC[C@@H]2[C@@H](C)O)c(Cl)c1. The quantitative estimate of drug-likeness (QED) is 0.806. The Bertz CT molecular complexity index is 535. The molecule has 0 unspecified atom stereocenters. The smallest absolute Gasteiger partial charge is 0.337 e. The highest BCUT2D eigenvalue weighted by atomic mass is 35.5. The van der Waals surface area contributed by atoms with Crippen molar-refractivity contribution in [2.45, 2.75) is 38.3 Å². The minimum atomic E-state index is -0.424. The van der Waals surface area contributed by atoms with Crippen LogP contribution in [0.25, 0.3) is 0 Å². The second-order valence-corrected chi connectivity index (χ2v) is 6.23. The van der Waals surface area contributed by atoms with Crippen molar-refractivity contribution in [2.24, 2.45) is 0 Å². The van der Waals surface area contributed by atoms with Crippen molar-refractivity contribution >= 4 is 17.6 Å². The van der Waals surface area contributed by atoms with Gasteiger partial charge in [-0.15, -0.1) is 0 Å². The predicted molar refractivity (Wildman–Crippen MR) is 89.2 cm³/mol. The Labute approximate surface area is 142 Å². The second-order valence-electron chi connectivity index (χ2n) is 5.82. The number of aliphatic hydroxyl groups is 1. The molecule has 0 aliphatic carbocycles. The number of halogens is 1. The number of ether oxygens (including phenoxy) is 2. The Morgan fingerprint density at radius 3 is 2.91 bits per heavy atom. The first kappa shape index (κ1) is 18.0. The van der Waals surface area contributed by atoms with Crippen LogP contribution in [0.5, 0.6) is 5.75 Å². The maximum atomic E-state index is 11.4. The van der Waals surface area contributed by atoms with Crippen LogP contribution in [-0.4, -0.2) is 54.9 Å². The largest absolute Gasteiger partial charge is 0.491 e. The van der Waals surface area contributed by atoms with Gasteiger partial charge in [-0.25, -0.2) is 4.79 Å². The first-order valence-corrected chi connectivity index (χ1v) is 8.33. The summed E-state index contributed by atoms with van der Waals surface area (Å²) < 4.78 is 10.4. The zero-order chi connectivity index (χ0) is 16.8. The molecule has 128 valence electrons. The van der Waals surface area contributed by atoms with Gasteiger partial charge < -0.3 is 14.6 Å². The molecule has 1 N–H and O–H groups in total. The number of carbonyl (C=O) groups is 1. The van der Waals surface area contributed by atoms with E-state index in [-0.39, 0.29) is 12.1 Å². The van der Waals surface area contributed by atoms with Crippen LogP contribution in [0.1, 0.15) is 36.5 Å². The summed E-state index contributed by atoms with van der Waals surface area (Å²) in [6.45, 7) is 4.05. The van der Waals surface area contributed by atoms with Crippen LogP contribution in [0.4, 0.5) is 0 Å². The van der Waals surface area contributed by atoms with Gasteiger partial charge in [-0.1, -0.05) is 18.0 Å². The van der Waals surface area contributed by atoms with Gasteiger partial charge in [-0.2, -0.15) is 0 Å². The van der Waals surface area contributed by atoms with Crippen LogP contribution >= 0.6 is 11.6 Å². The van der Waals surface area contributed by atoms with Gasteiger partial charge in [0.25, 0.3) is 0 Å². The number of nitrogens with zero attached hydrogens (tertiary/aromatic N) is 1. The second kappa shape index (κ2) is 8.52. The van der Waals surface area contributed by atoms with Crippen molar-refractivity contribution in [3.63, 3.8) is 0 Å². The summed E-state index contributed by atoms with van der Waals surface area (Å²) in [5, 5.41) is 10.3. The van der Waals surface area contributed by atoms with Crippen molar-refractivity contribution in [1.29, 1.82) is 0 Å². The van der Waals surface area contributed by atoms with E-state index >= 15 is 0 Å². The maximum Gasteiger partial charge on any atom is 0.337 e. The molecule has 6 heteroatoms. The standard InChI is InChI=1S/C17H24ClNO4/c1-12(20)15-5-3-4-8-19(15)9-10-23-16-7-6-13(11-14(16)18)17(21)22-2/h6-7,11-12,15,20H,3-5,8-10H2,1-2H3/t12-,15-/m1/s1. The van der Waals surface area contributed by atoms with E-state index < -0.39 is 5.97 Å². The van der Waals surface area contributed by atoms with Gasteiger partial charge in [0.15, 0.2) is 0 Å². The predicted octanol–water partition coefficient (Wildman–Crippen LogP) is 2.74. The van der Waals surface area contributed by atoms with Crippen LogP contribution in [0.15, 0.2) is 18.2 Å². The van der Waals surface area contributed by atoms with E-state index in [1.54, 1.807) is 18.2 Å². The summed E-state index contributed by atoms with van der Waals surface area (Å²) in [5.74, 6) is 0.122. The Morgan fingerprint density at radius 2 is 2.26 bits per heavy atom. The molecule has 0 spiro atoms. The van der Waals surface area contributed by atoms with E-state index in [9.17, 15) is 9.90 Å². The highest BCUT2D eigenvalue weighted by Crippen LogP contribution is 2.26. The molecule has 1 aliphatic rings. The van der Waals surface area contributed by atoms with Crippen LogP contribution in [0.3, 0.4) is 0 Å². The number of hydrogen-bond donors (Lipinski definition) is 1. The van der Waals surface area contributed by atoms with Gasteiger partial charge in [0.05, 0.1) is 23.8 Å². The van der Waals surface area contributed by atoms with Gasteiger partial charge >= 0.3 is 5.97 Å². The number of likely N-dealkylation sites (tertiary alicyclic amines) is 1. The molecular formula is C17H24ClNO4. The first-order chi connectivity index (χ1) is 11.0. The molecule has 2 rings (SSSR count). The van der Waals surface area contributed by atoms with Crippen LogP contribution in [0.2, 0.25) is 5.02 Å². The fourth-order valence-corrected chi connectivity index (χ4v) is 3.21. The van der Waals surface area contributed by atoms with Crippen molar-refractivity contribution < 1.29 is 19.4 Å². The number of esters is 1. The lowest BCUT2D eigenvalue weighted by Crippen LogP contribution is -2.47. The highest BCUT2D eigenvalue weighted by molar-refractivity contribution is 6.32. The van der Waals surface area contributed by atoms with Gasteiger partial charge in [-0.3, -0.25) is 4.90 Å². The molecule has 1 saturated heterocycles. The Kier molecular flexibility index (Phi) is 6.69. The minimum absolute atomic E-state index is 0.199. The number of carbonyl (C=O) groups excluding carboxylic acids is 1. The van der Waals surface area contributed by atoms with Crippen LogP contribution in [-0.2, 0) is 4.74 Å². The molecule has 1 aromatic carbocycles. The first-order valence-electron chi connectivity index (χ1n) is 7.95. The molecule has 1 aromatic rings. The third kappa shape index (κ3) is 4.83. The maximum absolute atomic E-state index is 11.4. The Morgan fingerprint density at radius 1 is 1.48 bits per heavy atom. The van der Waals surface area contributed by atoms with Gasteiger partial charge in [0, 0.05) is 12.6 Å². The van der Waals surface area contributed by atoms with E-state index in [4.69, 9.17) is 16.3 Å². The molecule has 0 radical (unpaired) electrons. The van der Waals surface area contributed by atoms with Crippen LogP contribution in [0, 0.1) is 0 Å². The number of methoxy groups -OCH3 is 1. The Hall–Kier alpha value is -1.30. The monoisotopic (exact) mass is 341 g/mol. The number of rotatable bonds is 6. The Balaban J connectivity index is 1.89. The highest BCUT2D eigenvalue weighted by Gasteiger charge is 2.25. The molecule has 0 aromatic heterocycles. The molecule has 0 amide bonds. The lowest BCUT2D eigenvalue weighted by atomic mass is 9.98. The van der Waals surface area contributed by atoms with Crippen molar-refractivity contribution in [3.05, 3.63) is 28.8 Å². The molecule has 1 fully saturated rings. The summed E-state index contributed by atoms with van der Waals surface area (Å²) >= 11 is 6.14. The van der Waals surface area contributed by atoms with Gasteiger partial charge in [0.2, 0.25) is 0 Å². The normalized spacial score (nSPS) is 20.1. The lowest BCUT2D eigenvalue weighted by Gasteiger charge is -2.37. The zero-order valence-corrected chi connectivity index (χ0v) is 14.4. The van der Waals surface area contributed by atoms with E-state index in [0.717, 1.165) is 32.4 Å². The zero-order valence-electron chi connectivity index (χ0n) is 13.6. The molecule has 1 heterocycles. The third-order valence-corrected chi connectivity index (χ3v) is 4.51. The average molecular weight is 342 g/mol. The van der Waals surface area contributed by atoms with Crippen molar-refractivity contribution in [3.8, 4) is 5.75 Å². The molecule has 0 bridgehead atoms. The summed E-state index contributed by atoms with van der Waals surface area (Å²) in [6, 6.07) is 5.05. The van der Waals surface area contributed by atoms with Crippen LogP contribution < -0.4 is 4.74 Å². The molecule has 1 aliphatic heterocycles. The molecule has 2 atom stereocenters. The van der Waals surface area contributed by atoms with E-state index in [1.165, 1.54) is 7.11 Å². The van der Waals surface area contributed by atoms with Crippen molar-refractivity contribution in [2.75, 3.05) is 26.8 Å². The van der Waals surface area contributed by atoms with E-state index in [2.05, 4.69) is 9.64 Å². The molecule has 5 nitrogen and oxygen atoms in total. The minimum Gasteiger partial charge on any atom is -0.491 e. The summed E-state index contributed by atoms with van der Waals surface area (Å²) in [4.78, 5) is 13.7.